The van der Waals surface area contributed by atoms with Gasteiger partial charge in [-0.3, -0.25) is 10.1 Å². The summed E-state index contributed by atoms with van der Waals surface area (Å²) in [6.45, 7) is 0.943. The van der Waals surface area contributed by atoms with Crippen LogP contribution in [0.25, 0.3) is 0 Å². The van der Waals surface area contributed by atoms with Crippen LogP contribution in [0.4, 0.5) is 5.69 Å². The van der Waals surface area contributed by atoms with Gasteiger partial charge in [0.1, 0.15) is 12.4 Å². The topological polar surface area (TPSA) is 76.8 Å². The number of nitro benzene ring substituents is 1. The number of hydrogen-bond donors (Lipinski definition) is 1. The Kier molecular flexibility index (Phi) is 8.28. The predicted octanol–water partition coefficient (Wildman–Crippen LogP) is 6.16. The molecule has 0 unspecified atom stereocenters. The summed E-state index contributed by atoms with van der Waals surface area (Å²) in [6, 6.07) is 17.9. The van der Waals surface area contributed by atoms with E-state index in [0.29, 0.717) is 18.2 Å². The molecule has 0 aromatic heterocycles. The smallest absolute Gasteiger partial charge is 0.269 e. The average molecular weight is 648 g/mol. The van der Waals surface area contributed by atoms with Crippen LogP contribution in [0.1, 0.15) is 16.7 Å². The second-order valence-corrected chi connectivity index (χ2v) is 9.01. The van der Waals surface area contributed by atoms with E-state index in [0.717, 1.165) is 29.6 Å². The highest BCUT2D eigenvalue weighted by Crippen LogP contribution is 2.29. The highest BCUT2D eigenvalue weighted by Gasteiger charge is 2.10. The fourth-order valence-corrected chi connectivity index (χ4v) is 4.77. The minimum atomic E-state index is -0.416. The number of benzene rings is 3. The van der Waals surface area contributed by atoms with Crippen molar-refractivity contribution < 1.29 is 9.66 Å². The third kappa shape index (κ3) is 6.54. The lowest BCUT2D eigenvalue weighted by Gasteiger charge is -2.11. The van der Waals surface area contributed by atoms with Crippen LogP contribution in [0.15, 0.2) is 65.8 Å². The molecule has 0 aliphatic rings. The lowest BCUT2D eigenvalue weighted by atomic mass is 10.2. The quantitative estimate of drug-likeness (QED) is 0.138. The first-order chi connectivity index (χ1) is 14.4. The van der Waals surface area contributed by atoms with E-state index in [1.807, 2.05) is 36.4 Å². The lowest BCUT2D eigenvalue weighted by molar-refractivity contribution is -0.384. The van der Waals surface area contributed by atoms with Crippen molar-refractivity contribution in [3.8, 4) is 5.75 Å². The molecule has 0 aliphatic heterocycles. The summed E-state index contributed by atoms with van der Waals surface area (Å²) >= 11 is 10.3. The van der Waals surface area contributed by atoms with Crippen LogP contribution in [0.5, 0.6) is 5.75 Å². The SMILES string of the molecule is O=[N+]([O-])c1ccc(COc2c(I)cc(/C=N\NCc3ccc(Cl)cc3)cc2I)cc1. The number of rotatable bonds is 8. The number of ether oxygens (including phenoxy) is 1. The third-order valence-electron chi connectivity index (χ3n) is 4.05. The molecule has 9 heteroatoms. The molecule has 3 aromatic rings. The number of nitro groups is 1. The monoisotopic (exact) mass is 647 g/mol. The van der Waals surface area contributed by atoms with Gasteiger partial charge in [0.15, 0.2) is 0 Å². The Hall–Kier alpha value is -1.92. The molecule has 3 aromatic carbocycles. The third-order valence-corrected chi connectivity index (χ3v) is 5.91. The number of halogens is 3. The van der Waals surface area contributed by atoms with Crippen molar-refractivity contribution in [2.24, 2.45) is 5.10 Å². The second-order valence-electron chi connectivity index (χ2n) is 6.25. The van der Waals surface area contributed by atoms with Gasteiger partial charge in [-0.25, -0.2) is 0 Å². The van der Waals surface area contributed by atoms with Crippen LogP contribution >= 0.6 is 56.8 Å². The Morgan fingerprint density at radius 3 is 2.23 bits per heavy atom. The van der Waals surface area contributed by atoms with Gasteiger partial charge in [-0.2, -0.15) is 5.10 Å². The van der Waals surface area contributed by atoms with Gasteiger partial charge in [0.25, 0.3) is 5.69 Å². The summed E-state index contributed by atoms with van der Waals surface area (Å²) < 4.78 is 7.86. The van der Waals surface area contributed by atoms with Crippen molar-refractivity contribution in [1.29, 1.82) is 0 Å². The molecule has 0 bridgehead atoms. The largest absolute Gasteiger partial charge is 0.487 e. The van der Waals surface area contributed by atoms with Gasteiger partial charge in [0.05, 0.1) is 24.8 Å². The van der Waals surface area contributed by atoms with E-state index in [9.17, 15) is 10.1 Å². The lowest BCUT2D eigenvalue weighted by Crippen LogP contribution is -2.05. The first kappa shape index (κ1) is 22.8. The van der Waals surface area contributed by atoms with Gasteiger partial charge < -0.3 is 10.2 Å². The Balaban J connectivity index is 1.58. The number of non-ortho nitro benzene ring substituents is 1. The fourth-order valence-electron chi connectivity index (χ4n) is 2.52. The molecule has 0 aliphatic carbocycles. The summed E-state index contributed by atoms with van der Waals surface area (Å²) in [5.74, 6) is 0.779. The molecule has 0 heterocycles. The maximum atomic E-state index is 10.7. The molecule has 0 spiro atoms. The van der Waals surface area contributed by atoms with E-state index < -0.39 is 4.92 Å². The van der Waals surface area contributed by atoms with Crippen LogP contribution in [0.2, 0.25) is 5.02 Å². The maximum Gasteiger partial charge on any atom is 0.269 e. The van der Waals surface area contributed by atoms with Crippen molar-refractivity contribution in [3.63, 3.8) is 0 Å². The molecule has 3 rings (SSSR count). The zero-order valence-corrected chi connectivity index (χ0v) is 20.6. The molecule has 6 nitrogen and oxygen atoms in total. The zero-order valence-electron chi connectivity index (χ0n) is 15.5. The van der Waals surface area contributed by atoms with E-state index in [1.54, 1.807) is 18.3 Å². The molecular formula is C21H16ClI2N3O3. The van der Waals surface area contributed by atoms with Crippen molar-refractivity contribution in [3.05, 3.63) is 99.6 Å². The Morgan fingerprint density at radius 1 is 1.03 bits per heavy atom. The van der Waals surface area contributed by atoms with Crippen LogP contribution < -0.4 is 10.2 Å². The molecule has 0 saturated carbocycles. The molecule has 0 amide bonds. The van der Waals surface area contributed by atoms with Gasteiger partial charge in [-0.15, -0.1) is 0 Å². The average Bonchev–Trinajstić information content (AvgIpc) is 2.72. The highest BCUT2D eigenvalue weighted by atomic mass is 127. The number of hydrogen-bond acceptors (Lipinski definition) is 5. The minimum absolute atomic E-state index is 0.0659. The van der Waals surface area contributed by atoms with Crippen LogP contribution in [-0.2, 0) is 13.2 Å². The summed E-state index contributed by atoms with van der Waals surface area (Å²) in [6.07, 6.45) is 1.76. The summed E-state index contributed by atoms with van der Waals surface area (Å²) in [7, 11) is 0. The zero-order chi connectivity index (χ0) is 21.5. The fraction of sp³-hybridized carbons (Fsp3) is 0.0952. The van der Waals surface area contributed by atoms with Gasteiger partial charge in [-0.05, 0) is 98.3 Å². The van der Waals surface area contributed by atoms with Crippen molar-refractivity contribution in [2.45, 2.75) is 13.2 Å². The van der Waals surface area contributed by atoms with Gasteiger partial charge in [0, 0.05) is 17.2 Å². The van der Waals surface area contributed by atoms with Crippen molar-refractivity contribution in [1.82, 2.24) is 5.43 Å². The van der Waals surface area contributed by atoms with E-state index in [4.69, 9.17) is 16.3 Å². The van der Waals surface area contributed by atoms with Crippen LogP contribution in [0, 0.1) is 17.3 Å². The minimum Gasteiger partial charge on any atom is -0.487 e. The predicted molar refractivity (Wildman–Crippen MR) is 135 cm³/mol. The number of nitrogens with one attached hydrogen (secondary N) is 1. The van der Waals surface area contributed by atoms with Crippen molar-refractivity contribution >= 4 is 68.7 Å². The standard InChI is InChI=1S/C21H16ClI2N3O3/c22-17-5-1-14(2-6-17)11-25-26-12-16-9-19(23)21(20(24)10-16)30-13-15-3-7-18(8-4-15)27(28)29/h1-10,12,25H,11,13H2/b26-12-. The van der Waals surface area contributed by atoms with Crippen LogP contribution in [-0.4, -0.2) is 11.1 Å². The second kappa shape index (κ2) is 10.9. The maximum absolute atomic E-state index is 10.7. The Bertz CT molecular complexity index is 1040. The first-order valence-electron chi connectivity index (χ1n) is 8.78. The molecule has 0 radical (unpaired) electrons. The molecule has 1 N–H and O–H groups in total. The van der Waals surface area contributed by atoms with Crippen LogP contribution in [0.3, 0.4) is 0 Å². The van der Waals surface area contributed by atoms with E-state index in [-0.39, 0.29) is 5.69 Å². The molecule has 0 fully saturated rings. The van der Waals surface area contributed by atoms with E-state index in [1.165, 1.54) is 12.1 Å². The van der Waals surface area contributed by atoms with E-state index >= 15 is 0 Å². The molecule has 154 valence electrons. The summed E-state index contributed by atoms with van der Waals surface area (Å²) in [5, 5.41) is 15.7. The normalized spacial score (nSPS) is 10.9. The molecular weight excluding hydrogens is 632 g/mol. The molecule has 0 saturated heterocycles. The number of nitrogens with zero attached hydrogens (tertiary/aromatic N) is 2. The van der Waals surface area contributed by atoms with Gasteiger partial charge in [-0.1, -0.05) is 23.7 Å². The summed E-state index contributed by atoms with van der Waals surface area (Å²) in [5.41, 5.74) is 6.00. The van der Waals surface area contributed by atoms with E-state index in [2.05, 4.69) is 55.7 Å². The molecule has 0 atom stereocenters. The Labute approximate surface area is 206 Å². The highest BCUT2D eigenvalue weighted by molar-refractivity contribution is 14.1. The number of hydrazone groups is 1. The van der Waals surface area contributed by atoms with Gasteiger partial charge in [0.2, 0.25) is 0 Å². The van der Waals surface area contributed by atoms with Gasteiger partial charge >= 0.3 is 0 Å². The summed E-state index contributed by atoms with van der Waals surface area (Å²) in [4.78, 5) is 10.3. The van der Waals surface area contributed by atoms with Crippen molar-refractivity contribution in [2.75, 3.05) is 0 Å². The Morgan fingerprint density at radius 2 is 1.63 bits per heavy atom. The molecule has 30 heavy (non-hydrogen) atoms. The first-order valence-corrected chi connectivity index (χ1v) is 11.3.